The molecule has 0 aliphatic heterocycles. The van der Waals surface area contributed by atoms with E-state index in [2.05, 4.69) is 36.4 Å². The number of rotatable bonds is 8. The molecule has 0 aliphatic carbocycles. The Morgan fingerprint density at radius 2 is 1.67 bits per heavy atom. The second-order valence-electron chi connectivity index (χ2n) is 3.79. The van der Waals surface area contributed by atoms with Crippen molar-refractivity contribution in [2.75, 3.05) is 4.43 Å². The second kappa shape index (κ2) is 9.82. The molecule has 0 amide bonds. The van der Waals surface area contributed by atoms with Gasteiger partial charge in [-0.1, -0.05) is 68.5 Å². The van der Waals surface area contributed by atoms with E-state index < -0.39 is 0 Å². The highest BCUT2D eigenvalue weighted by atomic mass is 127. The van der Waals surface area contributed by atoms with Crippen LogP contribution in [0, 0.1) is 5.92 Å². The van der Waals surface area contributed by atoms with E-state index >= 15 is 0 Å². The summed E-state index contributed by atoms with van der Waals surface area (Å²) in [6.45, 7) is 4.68. The van der Waals surface area contributed by atoms with Crippen molar-refractivity contribution >= 4 is 22.6 Å². The van der Waals surface area contributed by atoms with Gasteiger partial charge in [-0.25, -0.2) is 0 Å². The molecule has 0 saturated heterocycles. The lowest BCUT2D eigenvalue weighted by atomic mass is 9.98. The summed E-state index contributed by atoms with van der Waals surface area (Å²) in [6, 6.07) is 0. The van der Waals surface area contributed by atoms with Crippen molar-refractivity contribution in [3.8, 4) is 0 Å². The molecule has 0 saturated carbocycles. The van der Waals surface area contributed by atoms with Gasteiger partial charge in [-0.05, 0) is 23.2 Å². The summed E-state index contributed by atoms with van der Waals surface area (Å²) in [5, 5.41) is 0. The molecule has 1 heteroatoms. The highest BCUT2D eigenvalue weighted by Gasteiger charge is 2.00. The minimum absolute atomic E-state index is 0.969. The van der Waals surface area contributed by atoms with Gasteiger partial charge in [0.05, 0.1) is 0 Å². The number of hydrogen-bond acceptors (Lipinski definition) is 0. The predicted octanol–water partition coefficient (Wildman–Crippen LogP) is 4.81. The van der Waals surface area contributed by atoms with Crippen LogP contribution in [-0.2, 0) is 0 Å². The molecule has 12 heavy (non-hydrogen) atoms. The fraction of sp³-hybridized carbons (Fsp3) is 1.00. The maximum absolute atomic E-state index is 2.47. The average Bonchev–Trinajstić information content (AvgIpc) is 2.09. The first-order valence-electron chi connectivity index (χ1n) is 5.37. The number of hydrogen-bond donors (Lipinski definition) is 0. The quantitative estimate of drug-likeness (QED) is 0.340. The van der Waals surface area contributed by atoms with E-state index in [-0.39, 0.29) is 0 Å². The molecular formula is C11H23I. The Hall–Kier alpha value is 0.730. The molecule has 0 fully saturated rings. The van der Waals surface area contributed by atoms with Crippen molar-refractivity contribution < 1.29 is 0 Å². The Balaban J connectivity index is 3.02. The molecule has 0 aromatic rings. The third-order valence-corrected chi connectivity index (χ3v) is 3.14. The summed E-state index contributed by atoms with van der Waals surface area (Å²) in [7, 11) is 0. The maximum Gasteiger partial charge on any atom is -0.000463 e. The van der Waals surface area contributed by atoms with Crippen molar-refractivity contribution in [1.29, 1.82) is 0 Å². The lowest BCUT2D eigenvalue weighted by Crippen LogP contribution is -1.94. The minimum Gasteiger partial charge on any atom is -0.0864 e. The van der Waals surface area contributed by atoms with Crippen LogP contribution in [0.15, 0.2) is 0 Å². The topological polar surface area (TPSA) is 0 Å². The molecule has 0 radical (unpaired) electrons. The van der Waals surface area contributed by atoms with E-state index in [1.807, 2.05) is 0 Å². The van der Waals surface area contributed by atoms with Gasteiger partial charge in [0.1, 0.15) is 0 Å². The fourth-order valence-electron chi connectivity index (χ4n) is 1.49. The van der Waals surface area contributed by atoms with Gasteiger partial charge in [0, 0.05) is 0 Å². The van der Waals surface area contributed by atoms with Gasteiger partial charge in [0.25, 0.3) is 0 Å². The predicted molar refractivity (Wildman–Crippen MR) is 66.0 cm³/mol. The van der Waals surface area contributed by atoms with Gasteiger partial charge in [0.15, 0.2) is 0 Å². The summed E-state index contributed by atoms with van der Waals surface area (Å²) in [5.74, 6) is 0.969. The maximum atomic E-state index is 2.47. The van der Waals surface area contributed by atoms with Gasteiger partial charge in [-0.2, -0.15) is 0 Å². The lowest BCUT2D eigenvalue weighted by Gasteiger charge is -2.09. The Morgan fingerprint density at radius 1 is 1.00 bits per heavy atom. The molecule has 0 N–H and O–H groups in total. The van der Waals surface area contributed by atoms with E-state index in [0.717, 1.165) is 5.92 Å². The zero-order valence-electron chi connectivity index (χ0n) is 8.61. The van der Waals surface area contributed by atoms with Crippen LogP contribution in [0.1, 0.15) is 58.8 Å². The van der Waals surface area contributed by atoms with Crippen LogP contribution in [0.5, 0.6) is 0 Å². The molecule has 1 atom stereocenters. The SMILES string of the molecule is CCCCCC[C@@H](C)CCCI. The average molecular weight is 282 g/mol. The van der Waals surface area contributed by atoms with Crippen molar-refractivity contribution in [2.45, 2.75) is 58.8 Å². The molecule has 74 valence electrons. The number of halogens is 1. The highest BCUT2D eigenvalue weighted by molar-refractivity contribution is 14.1. The fourth-order valence-corrected chi connectivity index (χ4v) is 1.93. The summed E-state index contributed by atoms with van der Waals surface area (Å²) in [5.41, 5.74) is 0. The molecule has 0 spiro atoms. The van der Waals surface area contributed by atoms with Crippen LogP contribution in [-0.4, -0.2) is 4.43 Å². The molecule has 0 aromatic heterocycles. The van der Waals surface area contributed by atoms with Crippen molar-refractivity contribution in [3.63, 3.8) is 0 Å². The summed E-state index contributed by atoms with van der Waals surface area (Å²) < 4.78 is 1.33. The van der Waals surface area contributed by atoms with Gasteiger partial charge in [-0.3, -0.25) is 0 Å². The Bertz CT molecular complexity index is 81.1. The minimum atomic E-state index is 0.969. The van der Waals surface area contributed by atoms with E-state index in [4.69, 9.17) is 0 Å². The van der Waals surface area contributed by atoms with Gasteiger partial charge >= 0.3 is 0 Å². The molecule has 0 bridgehead atoms. The molecule has 0 nitrogen and oxygen atoms in total. The van der Waals surface area contributed by atoms with Crippen LogP contribution < -0.4 is 0 Å². The van der Waals surface area contributed by atoms with E-state index in [9.17, 15) is 0 Å². The molecule has 0 aliphatic rings. The van der Waals surface area contributed by atoms with E-state index in [1.54, 1.807) is 0 Å². The van der Waals surface area contributed by atoms with Gasteiger partial charge in [0.2, 0.25) is 0 Å². The third kappa shape index (κ3) is 8.82. The van der Waals surface area contributed by atoms with Gasteiger partial charge in [-0.15, -0.1) is 0 Å². The monoisotopic (exact) mass is 282 g/mol. The first-order valence-corrected chi connectivity index (χ1v) is 6.89. The largest absolute Gasteiger partial charge is 0.0864 e. The normalized spacial score (nSPS) is 13.2. The van der Waals surface area contributed by atoms with Crippen molar-refractivity contribution in [2.24, 2.45) is 5.92 Å². The molecule has 0 rings (SSSR count). The zero-order chi connectivity index (χ0) is 9.23. The summed E-state index contributed by atoms with van der Waals surface area (Å²) in [6.07, 6.45) is 10.0. The second-order valence-corrected chi connectivity index (χ2v) is 4.86. The Morgan fingerprint density at radius 3 is 2.25 bits per heavy atom. The van der Waals surface area contributed by atoms with E-state index in [1.165, 1.54) is 49.4 Å². The molecule has 0 aromatic carbocycles. The van der Waals surface area contributed by atoms with Crippen LogP contribution in [0.4, 0.5) is 0 Å². The standard InChI is InChI=1S/C11H23I/c1-3-4-5-6-8-11(2)9-7-10-12/h11H,3-10H2,1-2H3/t11-/m1/s1. The Labute approximate surface area is 91.7 Å². The van der Waals surface area contributed by atoms with Gasteiger partial charge < -0.3 is 0 Å². The summed E-state index contributed by atoms with van der Waals surface area (Å²) in [4.78, 5) is 0. The first kappa shape index (κ1) is 12.7. The number of unbranched alkanes of at least 4 members (excludes halogenated alkanes) is 3. The highest BCUT2D eigenvalue weighted by Crippen LogP contribution is 2.15. The van der Waals surface area contributed by atoms with E-state index in [0.29, 0.717) is 0 Å². The lowest BCUT2D eigenvalue weighted by molar-refractivity contribution is 0.457. The van der Waals surface area contributed by atoms with Crippen molar-refractivity contribution in [1.82, 2.24) is 0 Å². The molecule has 0 heterocycles. The third-order valence-electron chi connectivity index (χ3n) is 2.38. The van der Waals surface area contributed by atoms with Crippen molar-refractivity contribution in [3.05, 3.63) is 0 Å². The molecular weight excluding hydrogens is 259 g/mol. The first-order chi connectivity index (χ1) is 5.81. The zero-order valence-corrected chi connectivity index (χ0v) is 10.8. The van der Waals surface area contributed by atoms with Crippen LogP contribution in [0.3, 0.4) is 0 Å². The molecule has 0 unspecified atom stereocenters. The summed E-state index contributed by atoms with van der Waals surface area (Å²) >= 11 is 2.47. The Kier molecular flexibility index (Phi) is 10.4. The number of alkyl halides is 1. The van der Waals surface area contributed by atoms with Crippen LogP contribution in [0.25, 0.3) is 0 Å². The van der Waals surface area contributed by atoms with Crippen LogP contribution in [0.2, 0.25) is 0 Å². The van der Waals surface area contributed by atoms with Crippen LogP contribution >= 0.6 is 22.6 Å². The smallest absolute Gasteiger partial charge is 0.000463 e.